The monoisotopic (exact) mass is 453 g/mol. The van der Waals surface area contributed by atoms with E-state index in [4.69, 9.17) is 5.14 Å². The highest BCUT2D eigenvalue weighted by molar-refractivity contribution is 7.89. The summed E-state index contributed by atoms with van der Waals surface area (Å²) in [6.07, 6.45) is 4.47. The number of sulfonamides is 1. The maximum atomic E-state index is 14.2. The number of hydrogen-bond acceptors (Lipinski definition) is 5. The third kappa shape index (κ3) is 3.84. The van der Waals surface area contributed by atoms with Crippen LogP contribution in [-0.4, -0.2) is 29.1 Å². The van der Waals surface area contributed by atoms with Crippen LogP contribution in [0.2, 0.25) is 0 Å². The van der Waals surface area contributed by atoms with Crippen LogP contribution in [0, 0.1) is 24.2 Å². The van der Waals surface area contributed by atoms with E-state index >= 15 is 0 Å². The fourth-order valence-corrected chi connectivity index (χ4v) is 5.55. The Morgan fingerprint density at radius 1 is 1.42 bits per heavy atom. The largest absolute Gasteiger partial charge is 0.321 e. The maximum Gasteiger partial charge on any atom is 0.289 e. The van der Waals surface area contributed by atoms with Crippen molar-refractivity contribution < 1.29 is 22.0 Å². The Morgan fingerprint density at radius 3 is 2.65 bits per heavy atom. The van der Waals surface area contributed by atoms with E-state index in [1.807, 2.05) is 0 Å². The van der Waals surface area contributed by atoms with E-state index in [9.17, 15) is 22.0 Å². The van der Waals surface area contributed by atoms with Crippen LogP contribution in [0.1, 0.15) is 54.9 Å². The molecular weight excluding hydrogens is 428 g/mol. The zero-order valence-corrected chi connectivity index (χ0v) is 18.3. The molecule has 3 N–H and O–H groups in total. The number of halogens is 2. The van der Waals surface area contributed by atoms with E-state index in [1.54, 1.807) is 0 Å². The number of pyridine rings is 1. The van der Waals surface area contributed by atoms with Crippen LogP contribution in [-0.2, 0) is 22.5 Å². The molecule has 0 aromatic carbocycles. The molecular formula is C20H25F2N5O3S. The molecule has 0 bridgehead atoms. The Bertz CT molecular complexity index is 1160. The van der Waals surface area contributed by atoms with Gasteiger partial charge in [0.2, 0.25) is 0 Å². The van der Waals surface area contributed by atoms with Crippen molar-refractivity contribution in [3.63, 3.8) is 0 Å². The van der Waals surface area contributed by atoms with Crippen molar-refractivity contribution in [2.75, 3.05) is 5.32 Å². The summed E-state index contributed by atoms with van der Waals surface area (Å²) in [5.74, 6) is -2.66. The summed E-state index contributed by atoms with van der Waals surface area (Å²) in [5, 5.41) is 11.4. The van der Waals surface area contributed by atoms with E-state index in [0.717, 1.165) is 25.8 Å². The number of carbonyl (C=O) groups excluding carboxylic acids is 1. The summed E-state index contributed by atoms with van der Waals surface area (Å²) >= 11 is 0. The van der Waals surface area contributed by atoms with Gasteiger partial charge in [-0.15, -0.1) is 0 Å². The second-order valence-corrected chi connectivity index (χ2v) is 10.6. The molecule has 0 radical (unpaired) electrons. The van der Waals surface area contributed by atoms with Crippen molar-refractivity contribution in [2.24, 2.45) is 22.4 Å². The molecule has 0 saturated heterocycles. The maximum absolute atomic E-state index is 14.2. The van der Waals surface area contributed by atoms with Crippen LogP contribution >= 0.6 is 0 Å². The molecule has 2 aromatic rings. The van der Waals surface area contributed by atoms with Crippen molar-refractivity contribution in [3.05, 3.63) is 35.3 Å². The number of aromatic nitrogens is 3. The Hall–Kier alpha value is -2.40. The normalized spacial score (nSPS) is 25.4. The molecule has 2 aliphatic rings. The molecule has 31 heavy (non-hydrogen) atoms. The van der Waals surface area contributed by atoms with Crippen molar-refractivity contribution in [2.45, 2.75) is 57.5 Å². The van der Waals surface area contributed by atoms with E-state index in [2.05, 4.69) is 22.3 Å². The summed E-state index contributed by atoms with van der Waals surface area (Å²) in [4.78, 5) is 16.8. The quantitative estimate of drug-likeness (QED) is 0.697. The molecule has 0 spiro atoms. The number of hydrogen-bond donors (Lipinski definition) is 2. The van der Waals surface area contributed by atoms with Crippen molar-refractivity contribution >= 4 is 21.6 Å². The zero-order chi connectivity index (χ0) is 22.8. The molecule has 4 rings (SSSR count). The average Bonchev–Trinajstić information content (AvgIpc) is 2.94. The Labute approximate surface area is 179 Å². The summed E-state index contributed by atoms with van der Waals surface area (Å²) in [6.45, 7) is 4.68. The van der Waals surface area contributed by atoms with Gasteiger partial charge in [-0.25, -0.2) is 18.5 Å². The molecule has 2 fully saturated rings. The number of rotatable bonds is 6. The molecule has 3 unspecified atom stereocenters. The fraction of sp³-hybridized carbons (Fsp3) is 0.550. The molecule has 1 amide bonds. The van der Waals surface area contributed by atoms with Gasteiger partial charge in [0.1, 0.15) is 11.4 Å². The van der Waals surface area contributed by atoms with Crippen LogP contribution in [0.3, 0.4) is 0 Å². The van der Waals surface area contributed by atoms with Gasteiger partial charge in [0, 0.05) is 37.0 Å². The van der Waals surface area contributed by atoms with Gasteiger partial charge in [-0.3, -0.25) is 9.48 Å². The lowest BCUT2D eigenvalue weighted by atomic mass is 9.45. The van der Waals surface area contributed by atoms with E-state index in [1.165, 1.54) is 30.3 Å². The minimum atomic E-state index is -4.06. The van der Waals surface area contributed by atoms with Crippen LogP contribution < -0.4 is 10.5 Å². The van der Waals surface area contributed by atoms with Crippen LogP contribution in [0.15, 0.2) is 23.4 Å². The standard InChI is InChI=1S/C20H25F2N5O3S/c1-11-16(18(28)25-13-6-7-24-15(8-13)31(23,29)30)27(26-17(11)20(3,21)22)10-19(2)9-12-4-5-14(12)19/h6-8,12,14H,4-5,9-10H2,1-3H3,(H2,23,29,30)(H,24,25,28). The molecule has 3 atom stereocenters. The van der Waals surface area contributed by atoms with Crippen LogP contribution in [0.25, 0.3) is 0 Å². The van der Waals surface area contributed by atoms with Crippen molar-refractivity contribution in [1.29, 1.82) is 0 Å². The Kier molecular flexibility index (Phi) is 4.97. The summed E-state index contributed by atoms with van der Waals surface area (Å²) in [5.41, 5.74) is -0.261. The molecule has 11 heteroatoms. The first-order valence-electron chi connectivity index (χ1n) is 10.1. The van der Waals surface area contributed by atoms with Crippen molar-refractivity contribution in [3.8, 4) is 0 Å². The summed E-state index contributed by atoms with van der Waals surface area (Å²) in [7, 11) is -4.06. The number of primary sulfonamides is 1. The predicted molar refractivity (Wildman–Crippen MR) is 109 cm³/mol. The smallest absolute Gasteiger partial charge is 0.289 e. The first-order chi connectivity index (χ1) is 14.3. The highest BCUT2D eigenvalue weighted by Crippen LogP contribution is 2.62. The molecule has 2 saturated carbocycles. The SMILES string of the molecule is Cc1c(C(C)(F)F)nn(CC2(C)CC3CCC32)c1C(=O)Nc1ccnc(S(N)(=O)=O)c1. The van der Waals surface area contributed by atoms with Gasteiger partial charge in [0.15, 0.2) is 5.03 Å². The number of anilines is 1. The molecule has 2 aromatic heterocycles. The molecule has 2 heterocycles. The summed E-state index contributed by atoms with van der Waals surface area (Å²) in [6, 6.07) is 2.51. The number of nitrogens with one attached hydrogen (secondary N) is 1. The van der Waals surface area contributed by atoms with Crippen molar-refractivity contribution in [1.82, 2.24) is 14.8 Å². The van der Waals surface area contributed by atoms with Crippen LogP contribution in [0.4, 0.5) is 14.5 Å². The van der Waals surface area contributed by atoms with E-state index in [-0.39, 0.29) is 22.4 Å². The van der Waals surface area contributed by atoms with E-state index < -0.39 is 32.6 Å². The number of alkyl halides is 2. The molecule has 2 aliphatic carbocycles. The van der Waals surface area contributed by atoms with Gasteiger partial charge >= 0.3 is 0 Å². The predicted octanol–water partition coefficient (Wildman–Crippen LogP) is 3.03. The zero-order valence-electron chi connectivity index (χ0n) is 17.5. The van der Waals surface area contributed by atoms with Gasteiger partial charge in [-0.2, -0.15) is 13.9 Å². The first kappa shape index (κ1) is 21.8. The van der Waals surface area contributed by atoms with E-state index in [0.29, 0.717) is 18.4 Å². The van der Waals surface area contributed by atoms with Crippen LogP contribution in [0.5, 0.6) is 0 Å². The lowest BCUT2D eigenvalue weighted by molar-refractivity contribution is -0.115. The molecule has 0 aliphatic heterocycles. The number of carbonyl (C=O) groups is 1. The minimum absolute atomic E-state index is 0.0366. The number of amides is 1. The Balaban J connectivity index is 1.68. The van der Waals surface area contributed by atoms with Gasteiger partial charge in [-0.1, -0.05) is 6.92 Å². The number of nitrogens with zero attached hydrogens (tertiary/aromatic N) is 3. The van der Waals surface area contributed by atoms with Gasteiger partial charge in [0.05, 0.1) is 0 Å². The summed E-state index contributed by atoms with van der Waals surface area (Å²) < 4.78 is 52.8. The fourth-order valence-electron chi connectivity index (χ4n) is 5.05. The lowest BCUT2D eigenvalue weighted by Gasteiger charge is -2.60. The van der Waals surface area contributed by atoms with Gasteiger partial charge in [-0.05, 0) is 49.5 Å². The first-order valence-corrected chi connectivity index (χ1v) is 11.6. The third-order valence-corrected chi connectivity index (χ3v) is 7.46. The lowest BCUT2D eigenvalue weighted by Crippen LogP contribution is -2.54. The minimum Gasteiger partial charge on any atom is -0.321 e. The van der Waals surface area contributed by atoms with Gasteiger partial charge in [0.25, 0.3) is 21.9 Å². The molecule has 8 nitrogen and oxygen atoms in total. The second-order valence-electron chi connectivity index (χ2n) is 9.05. The average molecular weight is 454 g/mol. The highest BCUT2D eigenvalue weighted by atomic mass is 32.2. The number of nitrogens with two attached hydrogens (primary N) is 1. The Morgan fingerprint density at radius 2 is 2.13 bits per heavy atom. The number of fused-ring (bicyclic) bond motifs is 1. The van der Waals surface area contributed by atoms with Gasteiger partial charge < -0.3 is 5.32 Å². The molecule has 168 valence electrons. The highest BCUT2D eigenvalue weighted by Gasteiger charge is 2.55. The second kappa shape index (κ2) is 7.06. The third-order valence-electron chi connectivity index (χ3n) is 6.66. The topological polar surface area (TPSA) is 120 Å².